The summed E-state index contributed by atoms with van der Waals surface area (Å²) < 4.78 is 7.35. The van der Waals surface area contributed by atoms with Crippen LogP contribution in [0.15, 0.2) is 61.1 Å². The van der Waals surface area contributed by atoms with E-state index in [1.165, 1.54) is 13.4 Å². The number of benzene rings is 2. The highest BCUT2D eigenvalue weighted by atomic mass is 16.5. The number of carbonyl (C=O) groups excluding carboxylic acids is 1. The number of aromatic nitrogens is 3. The van der Waals surface area contributed by atoms with E-state index >= 15 is 0 Å². The first-order chi connectivity index (χ1) is 14.5. The first kappa shape index (κ1) is 19.6. The third-order valence-corrected chi connectivity index (χ3v) is 5.14. The van der Waals surface area contributed by atoms with E-state index in [0.717, 1.165) is 33.3 Å². The van der Waals surface area contributed by atoms with Crippen molar-refractivity contribution in [3.63, 3.8) is 0 Å². The zero-order valence-electron chi connectivity index (χ0n) is 17.1. The minimum absolute atomic E-state index is 0.223. The summed E-state index contributed by atoms with van der Waals surface area (Å²) in [4.78, 5) is 21.2. The molecule has 0 bridgehead atoms. The topological polar surface area (TPSA) is 95.1 Å². The number of hydrogen-bond donors (Lipinski definition) is 2. The summed E-state index contributed by atoms with van der Waals surface area (Å²) in [5.74, 6) is 0.219. The van der Waals surface area contributed by atoms with Crippen LogP contribution in [0.1, 0.15) is 17.2 Å². The van der Waals surface area contributed by atoms with E-state index in [9.17, 15) is 4.79 Å². The summed E-state index contributed by atoms with van der Waals surface area (Å²) >= 11 is 0. The second kappa shape index (κ2) is 7.96. The molecular formula is C23H23N5O2. The Morgan fingerprint density at radius 1 is 1.13 bits per heavy atom. The molecule has 3 N–H and O–H groups in total. The molecule has 1 atom stereocenters. The van der Waals surface area contributed by atoms with Gasteiger partial charge in [-0.2, -0.15) is 0 Å². The minimum Gasteiger partial charge on any atom is -0.383 e. The fraction of sp³-hybridized carbons (Fsp3) is 0.174. The number of carbonyl (C=O) groups is 1. The lowest BCUT2D eigenvalue weighted by atomic mass is 10.00. The molecule has 0 saturated carbocycles. The highest BCUT2D eigenvalue weighted by Crippen LogP contribution is 2.35. The van der Waals surface area contributed by atoms with Gasteiger partial charge in [-0.15, -0.1) is 0 Å². The summed E-state index contributed by atoms with van der Waals surface area (Å²) in [5.41, 5.74) is 11.4. The molecule has 7 heteroatoms. The van der Waals surface area contributed by atoms with E-state index in [-0.39, 0.29) is 5.91 Å². The summed E-state index contributed by atoms with van der Waals surface area (Å²) in [7, 11) is 3.45. The molecule has 152 valence electrons. The first-order valence-electron chi connectivity index (χ1n) is 9.54. The van der Waals surface area contributed by atoms with E-state index in [4.69, 9.17) is 10.5 Å². The van der Waals surface area contributed by atoms with E-state index in [2.05, 4.69) is 15.3 Å². The maximum Gasteiger partial charge on any atom is 0.258 e. The van der Waals surface area contributed by atoms with Gasteiger partial charge in [-0.25, -0.2) is 9.97 Å². The predicted molar refractivity (Wildman–Crippen MR) is 118 cm³/mol. The van der Waals surface area contributed by atoms with Crippen molar-refractivity contribution >= 4 is 28.4 Å². The number of ether oxygens (including phenoxy) is 1. The molecule has 0 saturated heterocycles. The van der Waals surface area contributed by atoms with Gasteiger partial charge in [0.05, 0.1) is 5.39 Å². The monoisotopic (exact) mass is 401 g/mol. The molecule has 4 aromatic rings. The molecule has 0 spiro atoms. The van der Waals surface area contributed by atoms with Crippen molar-refractivity contribution in [1.82, 2.24) is 14.5 Å². The number of fused-ring (bicyclic) bond motifs is 1. The zero-order valence-corrected chi connectivity index (χ0v) is 17.1. The van der Waals surface area contributed by atoms with Crippen LogP contribution in [0, 0.1) is 6.92 Å². The van der Waals surface area contributed by atoms with Gasteiger partial charge >= 0.3 is 0 Å². The molecule has 7 nitrogen and oxygen atoms in total. The molecule has 1 amide bonds. The number of amides is 1. The van der Waals surface area contributed by atoms with Gasteiger partial charge < -0.3 is 20.4 Å². The average Bonchev–Trinajstić information content (AvgIpc) is 3.07. The van der Waals surface area contributed by atoms with Crippen LogP contribution in [0.3, 0.4) is 0 Å². The van der Waals surface area contributed by atoms with Gasteiger partial charge in [-0.1, -0.05) is 36.4 Å². The van der Waals surface area contributed by atoms with E-state index in [1.807, 2.05) is 73.3 Å². The van der Waals surface area contributed by atoms with Crippen molar-refractivity contribution in [3.05, 3.63) is 72.2 Å². The Kier molecular flexibility index (Phi) is 5.20. The molecule has 0 aliphatic rings. The van der Waals surface area contributed by atoms with Crippen molar-refractivity contribution in [3.8, 4) is 11.1 Å². The maximum absolute atomic E-state index is 12.8. The second-order valence-electron chi connectivity index (χ2n) is 7.16. The van der Waals surface area contributed by atoms with Gasteiger partial charge in [0, 0.05) is 31.6 Å². The van der Waals surface area contributed by atoms with Crippen molar-refractivity contribution in [1.29, 1.82) is 0 Å². The first-order valence-corrected chi connectivity index (χ1v) is 9.54. The van der Waals surface area contributed by atoms with Crippen LogP contribution < -0.4 is 11.1 Å². The van der Waals surface area contributed by atoms with Crippen molar-refractivity contribution in [2.75, 3.05) is 18.2 Å². The van der Waals surface area contributed by atoms with Crippen LogP contribution in [0.4, 0.5) is 11.5 Å². The lowest BCUT2D eigenvalue weighted by Crippen LogP contribution is -2.22. The number of anilines is 2. The minimum atomic E-state index is -0.679. The summed E-state index contributed by atoms with van der Waals surface area (Å²) in [6.07, 6.45) is 2.78. The van der Waals surface area contributed by atoms with Crippen molar-refractivity contribution < 1.29 is 9.53 Å². The smallest absolute Gasteiger partial charge is 0.258 e. The molecule has 2 heterocycles. The SMILES string of the molecule is COC(C(=O)Nc1ccc(-c2cn(C)c3ncnc(N)c23)c(C)c1)c1ccccc1. The Labute approximate surface area is 174 Å². The molecule has 4 rings (SSSR count). The fourth-order valence-corrected chi connectivity index (χ4v) is 3.71. The highest BCUT2D eigenvalue weighted by Gasteiger charge is 2.20. The Morgan fingerprint density at radius 3 is 2.60 bits per heavy atom. The van der Waals surface area contributed by atoms with Gasteiger partial charge in [0.15, 0.2) is 6.10 Å². The molecule has 2 aromatic carbocycles. The molecule has 1 unspecified atom stereocenters. The van der Waals surface area contributed by atoms with Gasteiger partial charge in [-0.05, 0) is 35.7 Å². The zero-order chi connectivity index (χ0) is 21.3. The van der Waals surface area contributed by atoms with Crippen LogP contribution in [0.5, 0.6) is 0 Å². The molecule has 0 aliphatic carbocycles. The largest absolute Gasteiger partial charge is 0.383 e. The molecule has 0 aliphatic heterocycles. The summed E-state index contributed by atoms with van der Waals surface area (Å²) in [6.45, 7) is 1.99. The Morgan fingerprint density at radius 2 is 1.90 bits per heavy atom. The van der Waals surface area contributed by atoms with Crippen molar-refractivity contribution in [2.24, 2.45) is 7.05 Å². The Balaban J connectivity index is 1.64. The van der Waals surface area contributed by atoms with Crippen LogP contribution in [0.25, 0.3) is 22.2 Å². The lowest BCUT2D eigenvalue weighted by molar-refractivity contribution is -0.126. The Hall–Kier alpha value is -3.71. The number of nitrogens with two attached hydrogens (primary N) is 1. The molecule has 2 aromatic heterocycles. The van der Waals surface area contributed by atoms with Crippen molar-refractivity contribution in [2.45, 2.75) is 13.0 Å². The number of aryl methyl sites for hydroxylation is 2. The molecule has 0 fully saturated rings. The van der Waals surface area contributed by atoms with Gasteiger partial charge in [0.2, 0.25) is 0 Å². The van der Waals surface area contributed by atoms with E-state index in [1.54, 1.807) is 0 Å². The average molecular weight is 401 g/mol. The molecular weight excluding hydrogens is 378 g/mol. The van der Waals surface area contributed by atoms with Crippen LogP contribution >= 0.6 is 0 Å². The van der Waals surface area contributed by atoms with E-state index < -0.39 is 6.10 Å². The van der Waals surface area contributed by atoms with Gasteiger partial charge in [0.1, 0.15) is 17.8 Å². The standard InChI is InChI=1S/C23H23N5O2/c1-14-11-16(27-23(29)20(30-3)15-7-5-4-6-8-15)9-10-17(14)18-12-28(2)22-19(18)21(24)25-13-26-22/h4-13,20H,1-3H3,(H,27,29)(H2,24,25,26). The third-order valence-electron chi connectivity index (χ3n) is 5.14. The maximum atomic E-state index is 12.8. The fourth-order valence-electron chi connectivity index (χ4n) is 3.71. The highest BCUT2D eigenvalue weighted by molar-refractivity contribution is 6.01. The summed E-state index contributed by atoms with van der Waals surface area (Å²) in [5, 5.41) is 3.77. The number of hydrogen-bond acceptors (Lipinski definition) is 5. The number of nitrogens with one attached hydrogen (secondary N) is 1. The third kappa shape index (κ3) is 3.51. The number of rotatable bonds is 5. The normalized spacial score (nSPS) is 12.1. The number of nitrogen functional groups attached to an aromatic ring is 1. The lowest BCUT2D eigenvalue weighted by Gasteiger charge is -2.16. The second-order valence-corrected chi connectivity index (χ2v) is 7.16. The number of methoxy groups -OCH3 is 1. The van der Waals surface area contributed by atoms with Gasteiger partial charge in [0.25, 0.3) is 5.91 Å². The Bertz CT molecular complexity index is 1220. The summed E-state index contributed by atoms with van der Waals surface area (Å²) in [6, 6.07) is 15.2. The van der Waals surface area contributed by atoms with Crippen LogP contribution in [-0.4, -0.2) is 27.6 Å². The molecule has 30 heavy (non-hydrogen) atoms. The van der Waals surface area contributed by atoms with E-state index in [0.29, 0.717) is 11.5 Å². The predicted octanol–water partition coefficient (Wildman–Crippen LogP) is 3.85. The molecule has 0 radical (unpaired) electrons. The number of nitrogens with zero attached hydrogens (tertiary/aromatic N) is 3. The van der Waals surface area contributed by atoms with Crippen LogP contribution in [0.2, 0.25) is 0 Å². The van der Waals surface area contributed by atoms with Gasteiger partial charge in [-0.3, -0.25) is 4.79 Å². The van der Waals surface area contributed by atoms with Crippen LogP contribution in [-0.2, 0) is 16.6 Å². The quantitative estimate of drug-likeness (QED) is 0.530.